The van der Waals surface area contributed by atoms with E-state index in [4.69, 9.17) is 0 Å². The Balaban J connectivity index is 1.79. The maximum Gasteiger partial charge on any atom is 0.271 e. The van der Waals surface area contributed by atoms with Gasteiger partial charge in [-0.2, -0.15) is 0 Å². The van der Waals surface area contributed by atoms with Gasteiger partial charge in [-0.3, -0.25) is 14.2 Å². The number of thiophene rings is 1. The number of aryl methyl sites for hydroxylation is 2. The Kier molecular flexibility index (Phi) is 3.88. The summed E-state index contributed by atoms with van der Waals surface area (Å²) in [6.07, 6.45) is 1.39. The zero-order chi connectivity index (χ0) is 18.4. The first kappa shape index (κ1) is 16.5. The molecule has 130 valence electrons. The standard InChI is InChI=1S/C19H14FN3O2S/c1-10-7-11(2)22-18-15(10)16-17(26-18)19(25)23(9-21-16)8-14(24)12-3-5-13(20)6-4-12/h3-7,9H,8H2,1-2H3. The molecule has 3 heterocycles. The van der Waals surface area contributed by atoms with Crippen LogP contribution < -0.4 is 5.56 Å². The number of ketones is 1. The molecule has 7 heteroatoms. The minimum absolute atomic E-state index is 0.146. The maximum absolute atomic E-state index is 13.0. The van der Waals surface area contributed by atoms with Gasteiger partial charge in [-0.15, -0.1) is 11.3 Å². The molecule has 5 nitrogen and oxygen atoms in total. The third-order valence-electron chi connectivity index (χ3n) is 4.22. The third kappa shape index (κ3) is 2.70. The van der Waals surface area contributed by atoms with Gasteiger partial charge in [0.1, 0.15) is 15.3 Å². The lowest BCUT2D eigenvalue weighted by atomic mass is 10.1. The van der Waals surface area contributed by atoms with Crippen LogP contribution in [0.5, 0.6) is 0 Å². The number of halogens is 1. The minimum atomic E-state index is -0.412. The molecule has 4 aromatic rings. The Morgan fingerprint density at radius 3 is 2.69 bits per heavy atom. The van der Waals surface area contributed by atoms with Gasteiger partial charge in [-0.05, 0) is 49.7 Å². The van der Waals surface area contributed by atoms with Crippen molar-refractivity contribution in [2.24, 2.45) is 0 Å². The number of aromatic nitrogens is 3. The van der Waals surface area contributed by atoms with Gasteiger partial charge in [-0.25, -0.2) is 14.4 Å². The molecule has 0 atom stereocenters. The summed E-state index contributed by atoms with van der Waals surface area (Å²) in [6, 6.07) is 7.22. The topological polar surface area (TPSA) is 64.8 Å². The molecular weight excluding hydrogens is 353 g/mol. The Morgan fingerprint density at radius 2 is 1.96 bits per heavy atom. The molecule has 26 heavy (non-hydrogen) atoms. The van der Waals surface area contributed by atoms with Crippen LogP contribution in [0.15, 0.2) is 41.5 Å². The molecule has 0 aliphatic carbocycles. The highest BCUT2D eigenvalue weighted by Crippen LogP contribution is 2.31. The first-order chi connectivity index (χ1) is 12.4. The van der Waals surface area contributed by atoms with Gasteiger partial charge in [-0.1, -0.05) is 0 Å². The molecule has 3 aromatic heterocycles. The first-order valence-electron chi connectivity index (χ1n) is 7.98. The number of carbonyl (C=O) groups excluding carboxylic acids is 1. The zero-order valence-electron chi connectivity index (χ0n) is 14.1. The van der Waals surface area contributed by atoms with E-state index in [-0.39, 0.29) is 17.9 Å². The number of benzene rings is 1. The molecule has 0 aliphatic rings. The van der Waals surface area contributed by atoms with E-state index in [0.717, 1.165) is 21.5 Å². The van der Waals surface area contributed by atoms with Crippen LogP contribution in [0, 0.1) is 19.7 Å². The number of nitrogens with zero attached hydrogens (tertiary/aromatic N) is 3. The van der Waals surface area contributed by atoms with E-state index in [1.165, 1.54) is 46.5 Å². The van der Waals surface area contributed by atoms with Gasteiger partial charge < -0.3 is 0 Å². The highest BCUT2D eigenvalue weighted by molar-refractivity contribution is 7.25. The second-order valence-electron chi connectivity index (χ2n) is 6.15. The molecule has 0 spiro atoms. The first-order valence-corrected chi connectivity index (χ1v) is 8.80. The van der Waals surface area contributed by atoms with Crippen molar-refractivity contribution < 1.29 is 9.18 Å². The van der Waals surface area contributed by atoms with Crippen molar-refractivity contribution in [2.75, 3.05) is 0 Å². The summed E-state index contributed by atoms with van der Waals surface area (Å²) in [5, 5.41) is 0.879. The van der Waals surface area contributed by atoms with Crippen molar-refractivity contribution in [1.29, 1.82) is 0 Å². The molecule has 0 saturated carbocycles. The van der Waals surface area contributed by atoms with E-state index in [1.54, 1.807) is 0 Å². The lowest BCUT2D eigenvalue weighted by Crippen LogP contribution is -2.24. The number of carbonyl (C=O) groups is 1. The maximum atomic E-state index is 13.0. The van der Waals surface area contributed by atoms with Gasteiger partial charge in [0.05, 0.1) is 18.4 Å². The lowest BCUT2D eigenvalue weighted by Gasteiger charge is -2.05. The van der Waals surface area contributed by atoms with Crippen molar-refractivity contribution >= 4 is 37.6 Å². The fourth-order valence-corrected chi connectivity index (χ4v) is 4.19. The molecule has 1 aromatic carbocycles. The smallest absolute Gasteiger partial charge is 0.271 e. The van der Waals surface area contributed by atoms with Crippen molar-refractivity contribution in [3.63, 3.8) is 0 Å². The number of hydrogen-bond acceptors (Lipinski definition) is 5. The van der Waals surface area contributed by atoms with Gasteiger partial charge >= 0.3 is 0 Å². The van der Waals surface area contributed by atoms with E-state index in [1.807, 2.05) is 19.9 Å². The van der Waals surface area contributed by atoms with Crippen LogP contribution in [0.3, 0.4) is 0 Å². The highest BCUT2D eigenvalue weighted by Gasteiger charge is 2.16. The summed E-state index contributed by atoms with van der Waals surface area (Å²) < 4.78 is 14.8. The van der Waals surface area contributed by atoms with E-state index < -0.39 is 5.82 Å². The van der Waals surface area contributed by atoms with Crippen LogP contribution in [0.25, 0.3) is 20.4 Å². The van der Waals surface area contributed by atoms with Crippen LogP contribution in [0.1, 0.15) is 21.6 Å². The summed E-state index contributed by atoms with van der Waals surface area (Å²) in [5.74, 6) is -0.690. The molecule has 0 saturated heterocycles. The van der Waals surface area contributed by atoms with E-state index in [0.29, 0.717) is 15.8 Å². The van der Waals surface area contributed by atoms with Crippen molar-refractivity contribution in [3.05, 3.63) is 69.7 Å². The van der Waals surface area contributed by atoms with Crippen LogP contribution in [-0.4, -0.2) is 20.3 Å². The fourth-order valence-electron chi connectivity index (χ4n) is 3.00. The Morgan fingerprint density at radius 1 is 1.23 bits per heavy atom. The molecule has 0 aliphatic heterocycles. The summed E-state index contributed by atoms with van der Waals surface area (Å²) >= 11 is 1.29. The molecule has 0 fully saturated rings. The molecule has 0 N–H and O–H groups in total. The van der Waals surface area contributed by atoms with Gasteiger partial charge in [0.15, 0.2) is 5.78 Å². The van der Waals surface area contributed by atoms with E-state index in [9.17, 15) is 14.0 Å². The fraction of sp³-hybridized carbons (Fsp3) is 0.158. The number of hydrogen-bond donors (Lipinski definition) is 0. The largest absolute Gasteiger partial charge is 0.292 e. The Bertz CT molecular complexity index is 1230. The molecule has 0 unspecified atom stereocenters. The molecule has 4 rings (SSSR count). The van der Waals surface area contributed by atoms with E-state index >= 15 is 0 Å². The molecule has 0 amide bonds. The Hall–Kier alpha value is -2.93. The number of fused-ring (bicyclic) bond motifs is 3. The predicted molar refractivity (Wildman–Crippen MR) is 99.4 cm³/mol. The summed E-state index contributed by atoms with van der Waals surface area (Å²) in [5.41, 5.74) is 2.60. The summed E-state index contributed by atoms with van der Waals surface area (Å²) in [7, 11) is 0. The highest BCUT2D eigenvalue weighted by atomic mass is 32.1. The van der Waals surface area contributed by atoms with Crippen molar-refractivity contribution in [1.82, 2.24) is 14.5 Å². The summed E-state index contributed by atoms with van der Waals surface area (Å²) in [6.45, 7) is 3.73. The van der Waals surface area contributed by atoms with Gasteiger partial charge in [0.25, 0.3) is 5.56 Å². The SMILES string of the molecule is Cc1cc(C)c2c(n1)sc1c(=O)n(CC(=O)c3ccc(F)cc3)cnc12. The van der Waals surface area contributed by atoms with Crippen LogP contribution in [0.2, 0.25) is 0 Å². The molecule has 0 radical (unpaired) electrons. The third-order valence-corrected chi connectivity index (χ3v) is 5.28. The average molecular weight is 367 g/mol. The van der Waals surface area contributed by atoms with Gasteiger partial charge in [0, 0.05) is 16.6 Å². The quantitative estimate of drug-likeness (QED) is 0.519. The molecule has 0 bridgehead atoms. The van der Waals surface area contributed by atoms with Crippen LogP contribution in [0.4, 0.5) is 4.39 Å². The predicted octanol–water partition coefficient (Wildman–Crippen LogP) is 3.65. The minimum Gasteiger partial charge on any atom is -0.292 e. The van der Waals surface area contributed by atoms with E-state index in [2.05, 4.69) is 9.97 Å². The second kappa shape index (κ2) is 6.10. The number of pyridine rings is 1. The second-order valence-corrected chi connectivity index (χ2v) is 7.15. The lowest BCUT2D eigenvalue weighted by molar-refractivity contribution is 0.0970. The monoisotopic (exact) mass is 367 g/mol. The van der Waals surface area contributed by atoms with Crippen LogP contribution in [-0.2, 0) is 6.54 Å². The molecular formula is C19H14FN3O2S. The van der Waals surface area contributed by atoms with Crippen molar-refractivity contribution in [2.45, 2.75) is 20.4 Å². The normalized spacial score (nSPS) is 11.3. The number of Topliss-reactive ketones (excluding diaryl/α,β-unsaturated/α-hetero) is 1. The van der Waals surface area contributed by atoms with Crippen LogP contribution >= 0.6 is 11.3 Å². The Labute approximate surface area is 151 Å². The summed E-state index contributed by atoms with van der Waals surface area (Å²) in [4.78, 5) is 34.8. The van der Waals surface area contributed by atoms with Crippen molar-refractivity contribution in [3.8, 4) is 0 Å². The number of rotatable bonds is 3. The average Bonchev–Trinajstić information content (AvgIpc) is 2.97. The van der Waals surface area contributed by atoms with Gasteiger partial charge in [0.2, 0.25) is 0 Å². The zero-order valence-corrected chi connectivity index (χ0v) is 14.9.